The summed E-state index contributed by atoms with van der Waals surface area (Å²) in [4.78, 5) is 34.9. The maximum absolute atomic E-state index is 13.4. The molecule has 27 heavy (non-hydrogen) atoms. The van der Waals surface area contributed by atoms with Gasteiger partial charge in [0, 0.05) is 24.7 Å². The van der Waals surface area contributed by atoms with Crippen LogP contribution in [0.5, 0.6) is 0 Å². The van der Waals surface area contributed by atoms with Crippen molar-refractivity contribution in [2.75, 3.05) is 26.0 Å². The van der Waals surface area contributed by atoms with E-state index in [0.29, 0.717) is 47.3 Å². The molecule has 1 N–H and O–H groups in total. The Balaban J connectivity index is 2.27. The molecule has 0 bridgehead atoms. The molecule has 2 aromatic heterocycles. The number of rotatable bonds is 5. The van der Waals surface area contributed by atoms with E-state index in [9.17, 15) is 14.7 Å². The molecule has 3 heterocycles. The van der Waals surface area contributed by atoms with Crippen molar-refractivity contribution >= 4 is 34.6 Å². The van der Waals surface area contributed by atoms with E-state index in [2.05, 4.69) is 16.5 Å². The molecular formula is C18H22N4O4S. The molecule has 3 rings (SSSR count). The summed E-state index contributed by atoms with van der Waals surface area (Å²) in [5.41, 5.74) is 1.35. The molecule has 2 aromatic rings. The highest BCUT2D eigenvalue weighted by Crippen LogP contribution is 2.29. The topological polar surface area (TPSA) is 97.6 Å². The molecule has 1 fully saturated rings. The van der Waals surface area contributed by atoms with E-state index in [1.165, 1.54) is 16.7 Å². The van der Waals surface area contributed by atoms with Gasteiger partial charge in [-0.25, -0.2) is 14.8 Å². The summed E-state index contributed by atoms with van der Waals surface area (Å²) in [6, 6.07) is -0.297. The highest BCUT2D eigenvalue weighted by atomic mass is 32.2. The van der Waals surface area contributed by atoms with Gasteiger partial charge >= 0.3 is 6.09 Å². The second kappa shape index (κ2) is 7.59. The van der Waals surface area contributed by atoms with Crippen molar-refractivity contribution in [2.45, 2.75) is 31.5 Å². The summed E-state index contributed by atoms with van der Waals surface area (Å²) in [6.45, 7) is 8.58. The number of pyridine rings is 1. The number of carboxylic acid groups (broad SMARTS) is 1. The zero-order chi connectivity index (χ0) is 19.7. The number of likely N-dealkylation sites (tertiary alicyclic amines) is 1. The first kappa shape index (κ1) is 19.2. The predicted octanol–water partition coefficient (Wildman–Crippen LogP) is 2.75. The lowest BCUT2D eigenvalue weighted by Gasteiger charge is -2.21. The maximum atomic E-state index is 13.4. The third-order valence-electron chi connectivity index (χ3n) is 4.77. The Bertz CT molecular complexity index is 972. The van der Waals surface area contributed by atoms with Crippen LogP contribution in [0.25, 0.3) is 16.8 Å². The fourth-order valence-electron chi connectivity index (χ4n) is 3.46. The van der Waals surface area contributed by atoms with Crippen molar-refractivity contribution in [1.29, 1.82) is 0 Å². The van der Waals surface area contributed by atoms with Gasteiger partial charge in [0.2, 0.25) is 0 Å². The fraction of sp³-hybridized carbons (Fsp3) is 0.444. The molecule has 0 saturated carbocycles. The first-order valence-corrected chi connectivity index (χ1v) is 9.87. The number of ether oxygens (including phenoxy) is 1. The van der Waals surface area contributed by atoms with Crippen LogP contribution in [-0.4, -0.2) is 56.6 Å². The minimum atomic E-state index is -0.986. The number of thioether (sulfide) groups is 1. The monoisotopic (exact) mass is 390 g/mol. The zero-order valence-corrected chi connectivity index (χ0v) is 16.4. The Hall–Kier alpha value is -2.55. The van der Waals surface area contributed by atoms with Crippen molar-refractivity contribution < 1.29 is 14.6 Å². The van der Waals surface area contributed by atoms with Crippen LogP contribution in [0.2, 0.25) is 0 Å². The molecule has 9 heteroatoms. The lowest BCUT2D eigenvalue weighted by atomic mass is 10.1. The number of hydrogen-bond acceptors (Lipinski definition) is 6. The third-order valence-corrected chi connectivity index (χ3v) is 5.33. The molecule has 1 atom stereocenters. The summed E-state index contributed by atoms with van der Waals surface area (Å²) >= 11 is 1.39. The van der Waals surface area contributed by atoms with Crippen LogP contribution in [0.15, 0.2) is 22.7 Å². The molecule has 1 amide bonds. The van der Waals surface area contributed by atoms with Gasteiger partial charge in [-0.2, -0.15) is 0 Å². The standard InChI is InChI=1S/C18H22N4O4S/c1-5-26-11(3)14-10(2)13-8-19-17(27-4)20-15(13)22(16(14)23)12-6-7-21(9-12)18(24)25/h8,12H,3,5-7,9H2,1-2,4H3,(H,24,25)/t12-/m0/s1. The van der Waals surface area contributed by atoms with E-state index in [1.807, 2.05) is 20.1 Å². The van der Waals surface area contributed by atoms with E-state index < -0.39 is 6.09 Å². The molecule has 0 unspecified atom stereocenters. The first-order valence-electron chi connectivity index (χ1n) is 8.64. The van der Waals surface area contributed by atoms with E-state index in [0.717, 1.165) is 5.39 Å². The van der Waals surface area contributed by atoms with Crippen LogP contribution < -0.4 is 5.56 Å². The maximum Gasteiger partial charge on any atom is 0.407 e. The van der Waals surface area contributed by atoms with E-state index in [4.69, 9.17) is 4.74 Å². The number of amides is 1. The van der Waals surface area contributed by atoms with Crippen molar-refractivity contribution in [3.05, 3.63) is 34.3 Å². The van der Waals surface area contributed by atoms with Gasteiger partial charge in [0.1, 0.15) is 11.4 Å². The Kier molecular flexibility index (Phi) is 5.41. The average Bonchev–Trinajstić information content (AvgIpc) is 3.11. The van der Waals surface area contributed by atoms with Crippen molar-refractivity contribution in [2.24, 2.45) is 0 Å². The number of aromatic nitrogens is 3. The molecule has 1 aliphatic rings. The third kappa shape index (κ3) is 3.39. The second-order valence-corrected chi connectivity index (χ2v) is 7.07. The Morgan fingerprint density at radius 3 is 2.85 bits per heavy atom. The molecule has 0 aromatic carbocycles. The zero-order valence-electron chi connectivity index (χ0n) is 15.6. The number of carbonyl (C=O) groups is 1. The molecule has 0 aliphatic carbocycles. The van der Waals surface area contributed by atoms with Crippen LogP contribution in [0.1, 0.15) is 30.5 Å². The molecule has 1 saturated heterocycles. The number of fused-ring (bicyclic) bond motifs is 1. The normalized spacial score (nSPS) is 16.7. The van der Waals surface area contributed by atoms with E-state index in [-0.39, 0.29) is 18.1 Å². The summed E-state index contributed by atoms with van der Waals surface area (Å²) in [7, 11) is 0. The number of nitrogens with zero attached hydrogens (tertiary/aromatic N) is 4. The lowest BCUT2D eigenvalue weighted by molar-refractivity contribution is 0.154. The van der Waals surface area contributed by atoms with Crippen LogP contribution in [-0.2, 0) is 4.74 Å². The van der Waals surface area contributed by atoms with Gasteiger partial charge in [-0.3, -0.25) is 9.36 Å². The van der Waals surface area contributed by atoms with Crippen LogP contribution in [0, 0.1) is 6.92 Å². The number of hydrogen-bond donors (Lipinski definition) is 1. The highest BCUT2D eigenvalue weighted by molar-refractivity contribution is 7.98. The van der Waals surface area contributed by atoms with Gasteiger partial charge in [-0.1, -0.05) is 18.3 Å². The molecule has 0 radical (unpaired) electrons. The van der Waals surface area contributed by atoms with Crippen LogP contribution in [0.4, 0.5) is 4.79 Å². The lowest BCUT2D eigenvalue weighted by Crippen LogP contribution is -2.33. The Labute approximate surface area is 160 Å². The Morgan fingerprint density at radius 2 is 2.26 bits per heavy atom. The van der Waals surface area contributed by atoms with Crippen molar-refractivity contribution in [3.8, 4) is 0 Å². The van der Waals surface area contributed by atoms with Gasteiger partial charge in [-0.05, 0) is 32.1 Å². The smallest absolute Gasteiger partial charge is 0.407 e. The second-order valence-electron chi connectivity index (χ2n) is 6.30. The predicted molar refractivity (Wildman–Crippen MR) is 104 cm³/mol. The average molecular weight is 390 g/mol. The highest BCUT2D eigenvalue weighted by Gasteiger charge is 2.31. The minimum absolute atomic E-state index is 0.243. The molecule has 8 nitrogen and oxygen atoms in total. The first-order chi connectivity index (χ1) is 12.9. The molecular weight excluding hydrogens is 368 g/mol. The fourth-order valence-corrected chi connectivity index (χ4v) is 3.79. The number of aryl methyl sites for hydroxylation is 1. The summed E-state index contributed by atoms with van der Waals surface area (Å²) in [5, 5.41) is 10.6. The SMILES string of the molecule is C=C(OCC)c1c(C)c2cnc(SC)nc2n([C@H]2CCN(C(=O)O)C2)c1=O. The van der Waals surface area contributed by atoms with Gasteiger partial charge < -0.3 is 14.7 Å². The van der Waals surface area contributed by atoms with E-state index in [1.54, 1.807) is 10.8 Å². The van der Waals surface area contributed by atoms with Crippen LogP contribution in [0.3, 0.4) is 0 Å². The summed E-state index contributed by atoms with van der Waals surface area (Å²) in [5.74, 6) is 0.303. The van der Waals surface area contributed by atoms with Gasteiger partial charge in [0.15, 0.2) is 5.16 Å². The van der Waals surface area contributed by atoms with Crippen molar-refractivity contribution in [1.82, 2.24) is 19.4 Å². The largest absolute Gasteiger partial charge is 0.494 e. The summed E-state index contributed by atoms with van der Waals surface area (Å²) in [6.07, 6.45) is 3.12. The Morgan fingerprint density at radius 1 is 1.52 bits per heavy atom. The molecule has 0 spiro atoms. The van der Waals surface area contributed by atoms with Crippen LogP contribution >= 0.6 is 11.8 Å². The molecule has 1 aliphatic heterocycles. The van der Waals surface area contributed by atoms with Gasteiger partial charge in [-0.15, -0.1) is 0 Å². The molecule has 144 valence electrons. The van der Waals surface area contributed by atoms with Gasteiger partial charge in [0.05, 0.1) is 18.2 Å². The van der Waals surface area contributed by atoms with E-state index >= 15 is 0 Å². The van der Waals surface area contributed by atoms with Gasteiger partial charge in [0.25, 0.3) is 5.56 Å². The van der Waals surface area contributed by atoms with Crippen molar-refractivity contribution in [3.63, 3.8) is 0 Å². The summed E-state index contributed by atoms with van der Waals surface area (Å²) < 4.78 is 7.09. The quantitative estimate of drug-likeness (QED) is 0.476. The minimum Gasteiger partial charge on any atom is -0.494 e.